The third-order valence-corrected chi connectivity index (χ3v) is 2.24. The Kier molecular flexibility index (Phi) is 3.19. The Morgan fingerprint density at radius 2 is 1.80 bits per heavy atom. The van der Waals surface area contributed by atoms with E-state index < -0.39 is 17.6 Å². The van der Waals surface area contributed by atoms with Crippen molar-refractivity contribution in [2.75, 3.05) is 0 Å². The topological polar surface area (TPSA) is 37.3 Å². The summed E-state index contributed by atoms with van der Waals surface area (Å²) in [6.07, 6.45) is 0. The molecule has 0 aliphatic carbocycles. The van der Waals surface area contributed by atoms with Gasteiger partial charge in [-0.3, -0.25) is 0 Å². The smallest absolute Gasteiger partial charge is 0.331 e. The van der Waals surface area contributed by atoms with Crippen molar-refractivity contribution in [2.24, 2.45) is 0 Å². The first-order chi connectivity index (χ1) is 6.93. The van der Waals surface area contributed by atoms with Crippen molar-refractivity contribution < 1.29 is 18.7 Å². The number of carboxylic acids is 1. The molecule has 0 aliphatic rings. The van der Waals surface area contributed by atoms with Crippen LogP contribution in [0.1, 0.15) is 19.4 Å². The second-order valence-corrected chi connectivity index (χ2v) is 3.18. The molecule has 80 valence electrons. The van der Waals surface area contributed by atoms with Crippen molar-refractivity contribution in [3.8, 4) is 0 Å². The second kappa shape index (κ2) is 4.21. The van der Waals surface area contributed by atoms with Gasteiger partial charge in [-0.15, -0.1) is 0 Å². The fraction of sp³-hybridized carbons (Fsp3) is 0.182. The van der Waals surface area contributed by atoms with E-state index in [2.05, 4.69) is 0 Å². The molecule has 0 aliphatic heterocycles. The van der Waals surface area contributed by atoms with Crippen LogP contribution in [0.5, 0.6) is 0 Å². The summed E-state index contributed by atoms with van der Waals surface area (Å²) in [4.78, 5) is 10.6. The highest BCUT2D eigenvalue weighted by Crippen LogP contribution is 2.20. The van der Waals surface area contributed by atoms with Crippen molar-refractivity contribution in [3.05, 3.63) is 41.0 Å². The SMILES string of the molecule is CC(C(=O)O)=C(C)c1ccc(F)c(F)c1. The minimum Gasteiger partial charge on any atom is -0.478 e. The molecule has 15 heavy (non-hydrogen) atoms. The molecular weight excluding hydrogens is 202 g/mol. The lowest BCUT2D eigenvalue weighted by Crippen LogP contribution is -1.99. The molecule has 0 bridgehead atoms. The Morgan fingerprint density at radius 1 is 1.20 bits per heavy atom. The number of carbonyl (C=O) groups is 1. The fourth-order valence-corrected chi connectivity index (χ4v) is 1.11. The Bertz CT molecular complexity index is 436. The summed E-state index contributed by atoms with van der Waals surface area (Å²) in [5.41, 5.74) is 0.899. The van der Waals surface area contributed by atoms with Crippen LogP contribution in [0.15, 0.2) is 23.8 Å². The van der Waals surface area contributed by atoms with Gasteiger partial charge in [-0.05, 0) is 37.1 Å². The first-order valence-electron chi connectivity index (χ1n) is 4.29. The van der Waals surface area contributed by atoms with Crippen LogP contribution in [-0.2, 0) is 4.79 Å². The molecular formula is C11H10F2O2. The molecule has 0 fully saturated rings. The van der Waals surface area contributed by atoms with Crippen LogP contribution in [0.3, 0.4) is 0 Å². The van der Waals surface area contributed by atoms with Crippen LogP contribution in [0, 0.1) is 11.6 Å². The maximum absolute atomic E-state index is 12.9. The Morgan fingerprint density at radius 3 is 2.27 bits per heavy atom. The molecule has 4 heteroatoms. The fourth-order valence-electron chi connectivity index (χ4n) is 1.11. The van der Waals surface area contributed by atoms with Crippen LogP contribution < -0.4 is 0 Å². The van der Waals surface area contributed by atoms with Gasteiger partial charge in [-0.1, -0.05) is 6.07 Å². The van der Waals surface area contributed by atoms with E-state index in [1.54, 1.807) is 6.92 Å². The van der Waals surface area contributed by atoms with Crippen molar-refractivity contribution in [3.63, 3.8) is 0 Å². The molecule has 0 aromatic heterocycles. The number of halogens is 2. The lowest BCUT2D eigenvalue weighted by molar-refractivity contribution is -0.132. The van der Waals surface area contributed by atoms with E-state index in [9.17, 15) is 13.6 Å². The predicted octanol–water partition coefficient (Wildman–Crippen LogP) is 2.84. The molecule has 0 heterocycles. The number of hydrogen-bond donors (Lipinski definition) is 1. The third-order valence-electron chi connectivity index (χ3n) is 2.24. The number of aliphatic carboxylic acids is 1. The maximum Gasteiger partial charge on any atom is 0.331 e. The van der Waals surface area contributed by atoms with Gasteiger partial charge >= 0.3 is 5.97 Å². The monoisotopic (exact) mass is 212 g/mol. The van der Waals surface area contributed by atoms with Crippen molar-refractivity contribution in [2.45, 2.75) is 13.8 Å². The Labute approximate surface area is 85.9 Å². The third kappa shape index (κ3) is 2.40. The maximum atomic E-state index is 12.9. The van der Waals surface area contributed by atoms with Crippen LogP contribution in [-0.4, -0.2) is 11.1 Å². The van der Waals surface area contributed by atoms with Crippen LogP contribution in [0.25, 0.3) is 5.57 Å². The largest absolute Gasteiger partial charge is 0.478 e. The average molecular weight is 212 g/mol. The van der Waals surface area contributed by atoms with Gasteiger partial charge in [0, 0.05) is 5.57 Å². The lowest BCUT2D eigenvalue weighted by Gasteiger charge is -2.04. The first kappa shape index (κ1) is 11.4. The van der Waals surface area contributed by atoms with Crippen molar-refractivity contribution in [1.29, 1.82) is 0 Å². The highest BCUT2D eigenvalue weighted by Gasteiger charge is 2.09. The minimum atomic E-state index is -1.07. The quantitative estimate of drug-likeness (QED) is 0.765. The van der Waals surface area contributed by atoms with E-state index in [0.717, 1.165) is 12.1 Å². The van der Waals surface area contributed by atoms with Gasteiger partial charge in [-0.25, -0.2) is 13.6 Å². The second-order valence-electron chi connectivity index (χ2n) is 3.18. The van der Waals surface area contributed by atoms with E-state index in [1.807, 2.05) is 0 Å². The zero-order chi connectivity index (χ0) is 11.6. The number of allylic oxidation sites excluding steroid dienone is 1. The summed E-state index contributed by atoms with van der Waals surface area (Å²) >= 11 is 0. The van der Waals surface area contributed by atoms with E-state index >= 15 is 0 Å². The van der Waals surface area contributed by atoms with Gasteiger partial charge in [0.2, 0.25) is 0 Å². The molecule has 0 spiro atoms. The highest BCUT2D eigenvalue weighted by molar-refractivity contribution is 5.95. The summed E-state index contributed by atoms with van der Waals surface area (Å²) < 4.78 is 25.5. The summed E-state index contributed by atoms with van der Waals surface area (Å²) in [7, 11) is 0. The Hall–Kier alpha value is -1.71. The molecule has 0 saturated carbocycles. The number of carboxylic acid groups (broad SMARTS) is 1. The summed E-state index contributed by atoms with van der Waals surface area (Å²) in [5.74, 6) is -3.00. The Balaban J connectivity index is 3.23. The molecule has 0 amide bonds. The molecule has 2 nitrogen and oxygen atoms in total. The van der Waals surface area contributed by atoms with Gasteiger partial charge in [0.25, 0.3) is 0 Å². The van der Waals surface area contributed by atoms with Crippen molar-refractivity contribution >= 4 is 11.5 Å². The first-order valence-corrected chi connectivity index (χ1v) is 4.29. The molecule has 0 atom stereocenters. The zero-order valence-electron chi connectivity index (χ0n) is 8.34. The molecule has 0 saturated heterocycles. The molecule has 0 radical (unpaired) electrons. The number of rotatable bonds is 2. The van der Waals surface area contributed by atoms with E-state index in [4.69, 9.17) is 5.11 Å². The number of hydrogen-bond acceptors (Lipinski definition) is 1. The minimum absolute atomic E-state index is 0.112. The zero-order valence-corrected chi connectivity index (χ0v) is 8.34. The standard InChI is InChI=1S/C11H10F2O2/c1-6(7(2)11(14)15)8-3-4-9(12)10(13)5-8/h3-5H,1-2H3,(H,14,15). The summed E-state index contributed by atoms with van der Waals surface area (Å²) in [5, 5.41) is 8.71. The molecule has 1 rings (SSSR count). The van der Waals surface area contributed by atoms with Crippen LogP contribution >= 0.6 is 0 Å². The van der Waals surface area contributed by atoms with E-state index in [0.29, 0.717) is 11.1 Å². The molecule has 0 unspecified atom stereocenters. The molecule has 1 aromatic carbocycles. The molecule has 1 N–H and O–H groups in total. The summed E-state index contributed by atoms with van der Waals surface area (Å²) in [6, 6.07) is 3.31. The van der Waals surface area contributed by atoms with E-state index in [1.165, 1.54) is 13.0 Å². The normalized spacial score (nSPS) is 12.3. The average Bonchev–Trinajstić information content (AvgIpc) is 2.19. The van der Waals surface area contributed by atoms with Crippen LogP contribution in [0.2, 0.25) is 0 Å². The highest BCUT2D eigenvalue weighted by atomic mass is 19.2. The molecule has 1 aromatic rings. The summed E-state index contributed by atoms with van der Waals surface area (Å²) in [6.45, 7) is 2.97. The predicted molar refractivity (Wildman–Crippen MR) is 52.3 cm³/mol. The van der Waals surface area contributed by atoms with Gasteiger partial charge in [0.05, 0.1) is 0 Å². The van der Waals surface area contributed by atoms with Gasteiger partial charge in [0.15, 0.2) is 11.6 Å². The van der Waals surface area contributed by atoms with Crippen molar-refractivity contribution in [1.82, 2.24) is 0 Å². The number of benzene rings is 1. The lowest BCUT2D eigenvalue weighted by atomic mass is 10.0. The van der Waals surface area contributed by atoms with Gasteiger partial charge in [0.1, 0.15) is 0 Å². The van der Waals surface area contributed by atoms with E-state index in [-0.39, 0.29) is 5.57 Å². The van der Waals surface area contributed by atoms with Gasteiger partial charge < -0.3 is 5.11 Å². The van der Waals surface area contributed by atoms with Crippen LogP contribution in [0.4, 0.5) is 8.78 Å². The van der Waals surface area contributed by atoms with Gasteiger partial charge in [-0.2, -0.15) is 0 Å².